The smallest absolute Gasteiger partial charge is 0.0766 e. The van der Waals surface area contributed by atoms with Crippen LogP contribution < -0.4 is 0 Å². The van der Waals surface area contributed by atoms with Gasteiger partial charge in [-0.1, -0.05) is 25.0 Å². The second-order valence-corrected chi connectivity index (χ2v) is 7.45. The van der Waals surface area contributed by atoms with E-state index < -0.39 is 0 Å². The molecule has 0 spiro atoms. The van der Waals surface area contributed by atoms with Crippen molar-refractivity contribution in [3.05, 3.63) is 11.6 Å². The number of allylic oxidation sites excluding steroid dienone is 2. The minimum absolute atomic E-state index is 0.0255. The molecule has 1 nitrogen and oxygen atoms in total. The molecular formula is C17H30OS. The van der Waals surface area contributed by atoms with Crippen LogP contribution in [0.3, 0.4) is 0 Å². The molecule has 0 aromatic heterocycles. The Balaban J connectivity index is 1.94. The molecule has 0 bridgehead atoms. The van der Waals surface area contributed by atoms with Gasteiger partial charge in [0, 0.05) is 12.4 Å². The molecule has 2 rings (SSSR count). The fourth-order valence-corrected chi connectivity index (χ4v) is 4.20. The minimum atomic E-state index is -0.0255. The summed E-state index contributed by atoms with van der Waals surface area (Å²) in [5.41, 5.74) is 1.59. The summed E-state index contributed by atoms with van der Waals surface area (Å²) in [6, 6.07) is 0. The highest BCUT2D eigenvalue weighted by atomic mass is 32.1. The lowest BCUT2D eigenvalue weighted by molar-refractivity contribution is -0.0242. The third kappa shape index (κ3) is 3.21. The van der Waals surface area contributed by atoms with E-state index in [1.54, 1.807) is 5.57 Å². The summed E-state index contributed by atoms with van der Waals surface area (Å²) in [5.74, 6) is 2.54. The van der Waals surface area contributed by atoms with Crippen molar-refractivity contribution in [2.24, 2.45) is 17.8 Å². The van der Waals surface area contributed by atoms with Crippen LogP contribution in [0.5, 0.6) is 0 Å². The topological polar surface area (TPSA) is 9.23 Å². The first-order valence-electron chi connectivity index (χ1n) is 7.91. The van der Waals surface area contributed by atoms with Gasteiger partial charge in [-0.3, -0.25) is 0 Å². The maximum Gasteiger partial charge on any atom is 0.0766 e. The summed E-state index contributed by atoms with van der Waals surface area (Å²) in [4.78, 5) is 0. The monoisotopic (exact) mass is 282 g/mol. The van der Waals surface area contributed by atoms with Crippen LogP contribution in [0, 0.1) is 17.8 Å². The lowest BCUT2D eigenvalue weighted by Gasteiger charge is -2.42. The predicted octanol–water partition coefficient (Wildman–Crippen LogP) is 4.87. The van der Waals surface area contributed by atoms with E-state index in [4.69, 9.17) is 17.4 Å². The average Bonchev–Trinajstić information content (AvgIpc) is 2.38. The Morgan fingerprint density at radius 1 is 1.37 bits per heavy atom. The molecule has 0 aromatic carbocycles. The Labute approximate surface area is 124 Å². The zero-order chi connectivity index (χ0) is 14.0. The molecule has 2 fully saturated rings. The summed E-state index contributed by atoms with van der Waals surface area (Å²) in [6.45, 7) is 6.87. The molecular weight excluding hydrogens is 252 g/mol. The zero-order valence-corrected chi connectivity index (χ0v) is 13.9. The molecule has 0 aliphatic heterocycles. The highest BCUT2D eigenvalue weighted by Crippen LogP contribution is 2.43. The van der Waals surface area contributed by atoms with E-state index in [1.807, 2.05) is 7.11 Å². The second-order valence-electron chi connectivity index (χ2n) is 6.82. The summed E-state index contributed by atoms with van der Waals surface area (Å²) >= 11 is 4.79. The molecule has 2 saturated carbocycles. The summed E-state index contributed by atoms with van der Waals surface area (Å²) < 4.78 is 5.67. The van der Waals surface area contributed by atoms with Crippen LogP contribution in [0.25, 0.3) is 0 Å². The van der Waals surface area contributed by atoms with Crippen molar-refractivity contribution in [3.63, 3.8) is 0 Å². The number of hydrogen-bond donors (Lipinski definition) is 1. The van der Waals surface area contributed by atoms with Gasteiger partial charge >= 0.3 is 0 Å². The Hall–Kier alpha value is 0.0500. The molecule has 0 heterocycles. The molecule has 2 heteroatoms. The highest BCUT2D eigenvalue weighted by molar-refractivity contribution is 7.81. The van der Waals surface area contributed by atoms with Crippen molar-refractivity contribution < 1.29 is 4.74 Å². The van der Waals surface area contributed by atoms with Gasteiger partial charge < -0.3 is 4.74 Å². The van der Waals surface area contributed by atoms with Gasteiger partial charge in [-0.15, -0.1) is 0 Å². The minimum Gasteiger partial charge on any atom is -0.377 e. The fourth-order valence-electron chi connectivity index (χ4n) is 3.71. The van der Waals surface area contributed by atoms with Crippen molar-refractivity contribution in [3.8, 4) is 0 Å². The van der Waals surface area contributed by atoms with Crippen molar-refractivity contribution >= 4 is 12.6 Å². The van der Waals surface area contributed by atoms with Crippen molar-refractivity contribution in [1.82, 2.24) is 0 Å². The Morgan fingerprint density at radius 2 is 2.11 bits per heavy atom. The van der Waals surface area contributed by atoms with Crippen molar-refractivity contribution in [1.29, 1.82) is 0 Å². The third-order valence-electron chi connectivity index (χ3n) is 5.79. The van der Waals surface area contributed by atoms with Crippen molar-refractivity contribution in [2.45, 2.75) is 70.1 Å². The first-order valence-corrected chi connectivity index (χ1v) is 8.43. The summed E-state index contributed by atoms with van der Waals surface area (Å²) in [6.07, 6.45) is 10.3. The largest absolute Gasteiger partial charge is 0.377 e. The van der Waals surface area contributed by atoms with Gasteiger partial charge in [-0.2, -0.15) is 12.6 Å². The number of rotatable bonds is 4. The van der Waals surface area contributed by atoms with Crippen LogP contribution in [-0.2, 0) is 4.74 Å². The Kier molecular flexibility index (Phi) is 5.05. The van der Waals surface area contributed by atoms with Crippen LogP contribution in [0.1, 0.15) is 59.3 Å². The lowest BCUT2D eigenvalue weighted by atomic mass is 9.69. The Morgan fingerprint density at radius 3 is 2.58 bits per heavy atom. The maximum atomic E-state index is 5.67. The van der Waals surface area contributed by atoms with Gasteiger partial charge in [-0.05, 0) is 63.7 Å². The molecule has 0 N–H and O–H groups in total. The molecule has 0 saturated heterocycles. The lowest BCUT2D eigenvalue weighted by Crippen LogP contribution is -2.43. The van der Waals surface area contributed by atoms with Crippen LogP contribution in [-0.4, -0.2) is 18.0 Å². The molecule has 0 radical (unpaired) electrons. The van der Waals surface area contributed by atoms with Crippen LogP contribution in [0.15, 0.2) is 11.6 Å². The predicted molar refractivity (Wildman–Crippen MR) is 85.8 cm³/mol. The normalized spacial score (nSPS) is 43.9. The standard InChI is InChI=1S/C17H30OS/c1-5-13-6-7-15(13)10-12(2)14-8-9-17(3,18-4)16(19)11-14/h10,13-16,19H,5-9,11H2,1-4H3/b12-10+/t13?,14-,15?,16+,17+/m1/s1. The van der Waals surface area contributed by atoms with Gasteiger partial charge in [0.05, 0.1) is 5.60 Å². The molecule has 19 heavy (non-hydrogen) atoms. The quantitative estimate of drug-likeness (QED) is 0.571. The molecule has 2 aliphatic rings. The van der Waals surface area contributed by atoms with E-state index in [2.05, 4.69) is 26.8 Å². The Bertz CT molecular complexity index is 336. The summed E-state index contributed by atoms with van der Waals surface area (Å²) in [7, 11) is 1.83. The number of methoxy groups -OCH3 is 1. The first kappa shape index (κ1) is 15.4. The molecule has 0 aromatic rings. The van der Waals surface area contributed by atoms with E-state index in [0.717, 1.165) is 24.2 Å². The van der Waals surface area contributed by atoms with E-state index in [1.165, 1.54) is 32.1 Å². The van der Waals surface area contributed by atoms with Gasteiger partial charge in [0.2, 0.25) is 0 Å². The third-order valence-corrected chi connectivity index (χ3v) is 6.55. The fraction of sp³-hybridized carbons (Fsp3) is 0.882. The van der Waals surface area contributed by atoms with Gasteiger partial charge in [0.15, 0.2) is 0 Å². The first-order chi connectivity index (χ1) is 9.00. The molecule has 5 atom stereocenters. The van der Waals surface area contributed by atoms with Crippen LogP contribution >= 0.6 is 12.6 Å². The average molecular weight is 282 g/mol. The molecule has 110 valence electrons. The number of hydrogen-bond acceptors (Lipinski definition) is 2. The van der Waals surface area contributed by atoms with E-state index >= 15 is 0 Å². The number of thiol groups is 1. The van der Waals surface area contributed by atoms with Crippen LogP contribution in [0.4, 0.5) is 0 Å². The SMILES string of the molecule is CCC1CCC1/C=C(\C)[C@@H]1CC[C@](C)(OC)[C@@H](S)C1. The maximum absolute atomic E-state index is 5.67. The summed E-state index contributed by atoms with van der Waals surface area (Å²) in [5, 5.41) is 0.364. The number of ether oxygens (including phenoxy) is 1. The van der Waals surface area contributed by atoms with Gasteiger partial charge in [0.1, 0.15) is 0 Å². The van der Waals surface area contributed by atoms with Gasteiger partial charge in [0.25, 0.3) is 0 Å². The van der Waals surface area contributed by atoms with E-state index in [0.29, 0.717) is 5.25 Å². The zero-order valence-electron chi connectivity index (χ0n) is 13.0. The molecule has 0 amide bonds. The van der Waals surface area contributed by atoms with Crippen molar-refractivity contribution in [2.75, 3.05) is 7.11 Å². The second kappa shape index (κ2) is 6.22. The molecule has 2 unspecified atom stereocenters. The van der Waals surface area contributed by atoms with Gasteiger partial charge in [-0.25, -0.2) is 0 Å². The molecule has 2 aliphatic carbocycles. The van der Waals surface area contributed by atoms with Crippen LogP contribution in [0.2, 0.25) is 0 Å². The van der Waals surface area contributed by atoms with E-state index in [-0.39, 0.29) is 5.60 Å². The highest BCUT2D eigenvalue weighted by Gasteiger charge is 2.39. The van der Waals surface area contributed by atoms with E-state index in [9.17, 15) is 0 Å².